The van der Waals surface area contributed by atoms with Gasteiger partial charge in [-0.15, -0.1) is 5.10 Å². The summed E-state index contributed by atoms with van der Waals surface area (Å²) < 4.78 is 5.86. The molecule has 0 aliphatic carbocycles. The molecule has 0 amide bonds. The summed E-state index contributed by atoms with van der Waals surface area (Å²) in [5.74, 6) is 0. The van der Waals surface area contributed by atoms with Gasteiger partial charge in [0.2, 0.25) is 6.23 Å². The predicted molar refractivity (Wildman–Crippen MR) is 112 cm³/mol. The van der Waals surface area contributed by atoms with Crippen LogP contribution in [0.5, 0.6) is 0 Å². The van der Waals surface area contributed by atoms with Gasteiger partial charge in [-0.1, -0.05) is 93.6 Å². The van der Waals surface area contributed by atoms with Gasteiger partial charge in [0.25, 0.3) is 0 Å². The Morgan fingerprint density at radius 2 is 1.48 bits per heavy atom. The molecule has 27 heavy (non-hydrogen) atoms. The largest absolute Gasteiger partial charge is 0.452 e. The smallest absolute Gasteiger partial charge is 0.219 e. The van der Waals surface area contributed by atoms with Crippen molar-refractivity contribution in [2.45, 2.75) is 32.4 Å². The Kier molecular flexibility index (Phi) is 4.44. The highest BCUT2D eigenvalue weighted by Gasteiger charge is 2.28. The average Bonchev–Trinajstić information content (AvgIpc) is 3.18. The van der Waals surface area contributed by atoms with Crippen LogP contribution in [-0.4, -0.2) is 6.40 Å². The van der Waals surface area contributed by atoms with Crippen LogP contribution in [-0.2, 0) is 10.2 Å². The van der Waals surface area contributed by atoms with E-state index in [0.29, 0.717) is 0 Å². The number of ether oxygens (including phenoxy) is 1. The number of hydrazone groups is 1. The normalized spacial score (nSPS) is 16.4. The molecule has 1 aliphatic heterocycles. The first-order valence-corrected chi connectivity index (χ1v) is 9.26. The van der Waals surface area contributed by atoms with E-state index in [-0.39, 0.29) is 11.6 Å². The van der Waals surface area contributed by atoms with Crippen LogP contribution < -0.4 is 5.01 Å². The van der Waals surface area contributed by atoms with E-state index in [2.05, 4.69) is 92.6 Å². The molecule has 1 aliphatic rings. The van der Waals surface area contributed by atoms with E-state index in [1.165, 1.54) is 12.0 Å². The van der Waals surface area contributed by atoms with Gasteiger partial charge in [0.15, 0.2) is 6.40 Å². The van der Waals surface area contributed by atoms with E-state index >= 15 is 0 Å². The Morgan fingerprint density at radius 1 is 0.815 bits per heavy atom. The quantitative estimate of drug-likeness (QED) is 0.564. The zero-order chi connectivity index (χ0) is 18.9. The van der Waals surface area contributed by atoms with Crippen molar-refractivity contribution < 1.29 is 4.74 Å². The summed E-state index contributed by atoms with van der Waals surface area (Å²) in [5, 5.41) is 6.46. The summed E-state index contributed by atoms with van der Waals surface area (Å²) >= 11 is 0. The van der Waals surface area contributed by atoms with Gasteiger partial charge in [-0.05, 0) is 22.6 Å². The van der Waals surface area contributed by atoms with Crippen LogP contribution in [0.1, 0.15) is 38.1 Å². The number of rotatable bonds is 3. The zero-order valence-electron chi connectivity index (χ0n) is 16.0. The molecule has 136 valence electrons. The van der Waals surface area contributed by atoms with Crippen molar-refractivity contribution in [1.29, 1.82) is 0 Å². The fourth-order valence-electron chi connectivity index (χ4n) is 3.35. The maximum absolute atomic E-state index is 5.86. The third kappa shape index (κ3) is 3.45. The van der Waals surface area contributed by atoms with Gasteiger partial charge in [0, 0.05) is 11.1 Å². The van der Waals surface area contributed by atoms with Crippen LogP contribution in [0, 0.1) is 0 Å². The summed E-state index contributed by atoms with van der Waals surface area (Å²) in [7, 11) is 0. The molecule has 0 radical (unpaired) electrons. The fraction of sp³-hybridized carbons (Fsp3) is 0.208. The fourth-order valence-corrected chi connectivity index (χ4v) is 3.35. The minimum absolute atomic E-state index is 0.130. The van der Waals surface area contributed by atoms with E-state index in [4.69, 9.17) is 4.74 Å². The Hall–Kier alpha value is -3.07. The maximum Gasteiger partial charge on any atom is 0.219 e. The van der Waals surface area contributed by atoms with Gasteiger partial charge >= 0.3 is 0 Å². The second kappa shape index (κ2) is 6.92. The number of nitrogens with zero attached hydrogens (tertiary/aromatic N) is 2. The highest BCUT2D eigenvalue weighted by Crippen LogP contribution is 2.38. The number of hydrogen-bond donors (Lipinski definition) is 0. The van der Waals surface area contributed by atoms with Crippen molar-refractivity contribution in [1.82, 2.24) is 0 Å². The Labute approximate surface area is 160 Å². The minimum Gasteiger partial charge on any atom is -0.452 e. The molecular formula is C24H24N2O. The maximum atomic E-state index is 5.86. The molecule has 0 saturated carbocycles. The van der Waals surface area contributed by atoms with Gasteiger partial charge in [-0.25, -0.2) is 5.01 Å². The summed E-state index contributed by atoms with van der Waals surface area (Å²) in [5.41, 5.74) is 5.85. The molecule has 4 rings (SSSR count). The lowest BCUT2D eigenvalue weighted by Gasteiger charge is -2.25. The molecule has 1 atom stereocenters. The molecule has 3 aromatic rings. The van der Waals surface area contributed by atoms with Crippen LogP contribution in [0.3, 0.4) is 0 Å². The Balaban J connectivity index is 1.70. The molecule has 1 heterocycles. The van der Waals surface area contributed by atoms with Gasteiger partial charge < -0.3 is 4.74 Å². The van der Waals surface area contributed by atoms with Crippen LogP contribution >= 0.6 is 0 Å². The lowest BCUT2D eigenvalue weighted by Crippen LogP contribution is -2.20. The Morgan fingerprint density at radius 3 is 2.19 bits per heavy atom. The third-order valence-corrected chi connectivity index (χ3v) is 4.88. The third-order valence-electron chi connectivity index (χ3n) is 4.88. The van der Waals surface area contributed by atoms with Gasteiger partial charge in [0.05, 0.1) is 5.69 Å². The molecule has 0 N–H and O–H groups in total. The molecule has 0 bridgehead atoms. The summed E-state index contributed by atoms with van der Waals surface area (Å²) in [6.45, 7) is 6.67. The molecular weight excluding hydrogens is 332 g/mol. The van der Waals surface area contributed by atoms with Crippen molar-refractivity contribution in [2.75, 3.05) is 5.01 Å². The van der Waals surface area contributed by atoms with Crippen molar-refractivity contribution in [3.05, 3.63) is 90.0 Å². The van der Waals surface area contributed by atoms with E-state index < -0.39 is 0 Å². The van der Waals surface area contributed by atoms with E-state index in [9.17, 15) is 0 Å². The van der Waals surface area contributed by atoms with E-state index in [0.717, 1.165) is 22.4 Å². The second-order valence-electron chi connectivity index (χ2n) is 7.81. The summed E-state index contributed by atoms with van der Waals surface area (Å²) in [4.78, 5) is 0. The Bertz CT molecular complexity index is 940. The number of anilines is 1. The highest BCUT2D eigenvalue weighted by atomic mass is 16.5. The molecule has 3 heteroatoms. The van der Waals surface area contributed by atoms with Crippen molar-refractivity contribution in [3.63, 3.8) is 0 Å². The first-order chi connectivity index (χ1) is 13.0. The number of hydrogen-bond acceptors (Lipinski definition) is 3. The standard InChI is InChI=1S/C24H24N2O/c1-24(2,3)20-15-13-19(14-16-20)23-26(25-17-27-23)22-12-8-7-11-21(22)18-9-5-4-6-10-18/h4-17,23H,1-3H3. The zero-order valence-corrected chi connectivity index (χ0v) is 16.0. The van der Waals surface area contributed by atoms with Crippen molar-refractivity contribution in [2.24, 2.45) is 5.10 Å². The van der Waals surface area contributed by atoms with Crippen LogP contribution in [0.15, 0.2) is 84.0 Å². The molecule has 0 spiro atoms. The highest BCUT2D eigenvalue weighted by molar-refractivity contribution is 5.79. The molecule has 1 unspecified atom stereocenters. The molecule has 0 saturated heterocycles. The molecule has 3 nitrogen and oxygen atoms in total. The van der Waals surface area contributed by atoms with Gasteiger partial charge in [-0.2, -0.15) is 0 Å². The van der Waals surface area contributed by atoms with Crippen molar-refractivity contribution in [3.8, 4) is 11.1 Å². The second-order valence-corrected chi connectivity index (χ2v) is 7.81. The molecule has 0 fully saturated rings. The monoisotopic (exact) mass is 356 g/mol. The molecule has 3 aromatic carbocycles. The lowest BCUT2D eigenvalue weighted by molar-refractivity contribution is 0.227. The van der Waals surface area contributed by atoms with Crippen LogP contribution in [0.25, 0.3) is 11.1 Å². The minimum atomic E-state index is -0.260. The predicted octanol–water partition coefficient (Wildman–Crippen LogP) is 6.13. The van der Waals surface area contributed by atoms with Gasteiger partial charge in [-0.3, -0.25) is 0 Å². The summed E-state index contributed by atoms with van der Waals surface area (Å²) in [6.07, 6.45) is 1.27. The SMILES string of the molecule is CC(C)(C)c1ccc(C2OC=NN2c2ccccc2-c2ccccc2)cc1. The molecule has 0 aromatic heterocycles. The van der Waals surface area contributed by atoms with Crippen LogP contribution in [0.4, 0.5) is 5.69 Å². The van der Waals surface area contributed by atoms with Gasteiger partial charge in [0.1, 0.15) is 0 Å². The van der Waals surface area contributed by atoms with Crippen LogP contribution in [0.2, 0.25) is 0 Å². The van der Waals surface area contributed by atoms with E-state index in [1.54, 1.807) is 0 Å². The first-order valence-electron chi connectivity index (χ1n) is 9.26. The number of benzene rings is 3. The van der Waals surface area contributed by atoms with E-state index in [1.807, 2.05) is 17.1 Å². The summed E-state index contributed by atoms with van der Waals surface area (Å²) in [6, 6.07) is 27.3. The number of para-hydroxylation sites is 1. The first kappa shape index (κ1) is 17.3. The topological polar surface area (TPSA) is 24.8 Å². The van der Waals surface area contributed by atoms with Crippen molar-refractivity contribution >= 4 is 12.1 Å². The lowest BCUT2D eigenvalue weighted by atomic mass is 9.86. The average molecular weight is 356 g/mol.